The third kappa shape index (κ3) is 6.92. The second-order valence-electron chi connectivity index (χ2n) is 4.66. The molecule has 0 unspecified atom stereocenters. The first kappa shape index (κ1) is 16.2. The first-order valence-electron chi connectivity index (χ1n) is 7.23. The van der Waals surface area contributed by atoms with Crippen LogP contribution in [-0.2, 0) is 9.53 Å². The number of unbranched alkanes of at least 4 members (excludes halogenated alkanes) is 3. The van der Waals surface area contributed by atoms with Gasteiger partial charge >= 0.3 is 5.97 Å². The minimum atomic E-state index is -0.359. The number of nitrogens with one attached hydrogen (secondary N) is 1. The highest BCUT2D eigenvalue weighted by Gasteiger charge is 2.06. The summed E-state index contributed by atoms with van der Waals surface area (Å²) < 4.78 is 5.07. The molecule has 0 atom stereocenters. The second-order valence-corrected chi connectivity index (χ2v) is 4.66. The Kier molecular flexibility index (Phi) is 8.11. The summed E-state index contributed by atoms with van der Waals surface area (Å²) in [5, 5.41) is 2.75. The normalized spacial score (nSPS) is 10.1. The molecule has 1 N–H and O–H groups in total. The van der Waals surface area contributed by atoms with E-state index in [-0.39, 0.29) is 18.5 Å². The van der Waals surface area contributed by atoms with E-state index in [0.717, 1.165) is 19.3 Å². The number of carbonyl (C=O) groups is 2. The number of ether oxygens (including phenoxy) is 1. The van der Waals surface area contributed by atoms with Crippen LogP contribution >= 0.6 is 0 Å². The van der Waals surface area contributed by atoms with Crippen LogP contribution in [0.1, 0.15) is 49.4 Å². The number of hydrogen-bond donors (Lipinski definition) is 1. The molecule has 0 aromatic heterocycles. The lowest BCUT2D eigenvalue weighted by atomic mass is 10.1. The van der Waals surface area contributed by atoms with Crippen LogP contribution in [0.3, 0.4) is 0 Å². The fourth-order valence-electron chi connectivity index (χ4n) is 1.79. The number of amides is 1. The summed E-state index contributed by atoms with van der Waals surface area (Å²) in [6.07, 6.45) is 4.89. The average Bonchev–Trinajstić information content (AvgIpc) is 2.49. The van der Waals surface area contributed by atoms with Gasteiger partial charge in [0.25, 0.3) is 0 Å². The summed E-state index contributed by atoms with van der Waals surface area (Å²) in [7, 11) is 0. The Morgan fingerprint density at radius 1 is 1.10 bits per heavy atom. The van der Waals surface area contributed by atoms with Crippen molar-refractivity contribution >= 4 is 11.9 Å². The highest BCUT2D eigenvalue weighted by Crippen LogP contribution is 2.02. The zero-order valence-corrected chi connectivity index (χ0v) is 12.1. The first-order chi connectivity index (χ1) is 9.74. The minimum absolute atomic E-state index is 0.0249. The van der Waals surface area contributed by atoms with Gasteiger partial charge in [-0.1, -0.05) is 44.4 Å². The van der Waals surface area contributed by atoms with Crippen molar-refractivity contribution in [3.8, 4) is 0 Å². The second kappa shape index (κ2) is 10.0. The van der Waals surface area contributed by atoms with Gasteiger partial charge in [0.2, 0.25) is 5.91 Å². The third-order valence-corrected chi connectivity index (χ3v) is 2.92. The van der Waals surface area contributed by atoms with Crippen molar-refractivity contribution in [1.82, 2.24) is 5.32 Å². The van der Waals surface area contributed by atoms with Crippen LogP contribution in [0.2, 0.25) is 0 Å². The molecule has 0 aliphatic rings. The van der Waals surface area contributed by atoms with Crippen molar-refractivity contribution in [1.29, 1.82) is 0 Å². The molecule has 0 aliphatic heterocycles. The van der Waals surface area contributed by atoms with Crippen LogP contribution in [-0.4, -0.2) is 25.0 Å². The maximum absolute atomic E-state index is 11.6. The van der Waals surface area contributed by atoms with Crippen molar-refractivity contribution in [2.75, 3.05) is 13.2 Å². The summed E-state index contributed by atoms with van der Waals surface area (Å²) in [6.45, 7) is 2.71. The summed E-state index contributed by atoms with van der Waals surface area (Å²) in [5.41, 5.74) is 0.526. The molecule has 0 radical (unpaired) electrons. The number of hydrogen-bond acceptors (Lipinski definition) is 3. The monoisotopic (exact) mass is 277 g/mol. The Balaban J connectivity index is 2.07. The number of esters is 1. The molecule has 110 valence electrons. The van der Waals surface area contributed by atoms with E-state index in [9.17, 15) is 9.59 Å². The van der Waals surface area contributed by atoms with E-state index < -0.39 is 0 Å². The molecule has 0 saturated heterocycles. The lowest BCUT2D eigenvalue weighted by Gasteiger charge is -2.06. The van der Waals surface area contributed by atoms with Crippen molar-refractivity contribution in [2.45, 2.75) is 39.0 Å². The van der Waals surface area contributed by atoms with Gasteiger partial charge in [0.1, 0.15) is 6.61 Å². The highest BCUT2D eigenvalue weighted by molar-refractivity contribution is 5.89. The smallest absolute Gasteiger partial charge is 0.338 e. The molecule has 4 heteroatoms. The largest absolute Gasteiger partial charge is 0.460 e. The number of carbonyl (C=O) groups excluding carboxylic acids is 2. The van der Waals surface area contributed by atoms with E-state index in [1.54, 1.807) is 24.3 Å². The first-order valence-corrected chi connectivity index (χ1v) is 7.23. The van der Waals surface area contributed by atoms with Crippen molar-refractivity contribution in [3.05, 3.63) is 35.9 Å². The Bertz CT molecular complexity index is 403. The predicted octanol–water partition coefficient (Wildman–Crippen LogP) is 2.93. The molecule has 0 heterocycles. The third-order valence-electron chi connectivity index (χ3n) is 2.92. The molecule has 0 saturated carbocycles. The van der Waals surface area contributed by atoms with E-state index in [0.29, 0.717) is 18.5 Å². The van der Waals surface area contributed by atoms with Crippen LogP contribution in [0.25, 0.3) is 0 Å². The standard InChI is InChI=1S/C16H23NO3/c1-2-3-4-8-11-15(18)17-12-13-20-16(19)14-9-6-5-7-10-14/h5-7,9-10H,2-4,8,11-13H2,1H3,(H,17,18). The van der Waals surface area contributed by atoms with Gasteiger partial charge < -0.3 is 10.1 Å². The Labute approximate surface area is 120 Å². The van der Waals surface area contributed by atoms with Gasteiger partial charge in [-0.3, -0.25) is 4.79 Å². The Morgan fingerprint density at radius 2 is 1.85 bits per heavy atom. The van der Waals surface area contributed by atoms with Gasteiger partial charge in [-0.15, -0.1) is 0 Å². The minimum Gasteiger partial charge on any atom is -0.460 e. The van der Waals surface area contributed by atoms with E-state index in [1.807, 2.05) is 6.07 Å². The van der Waals surface area contributed by atoms with Crippen LogP contribution in [0.5, 0.6) is 0 Å². The fraction of sp³-hybridized carbons (Fsp3) is 0.500. The number of benzene rings is 1. The highest BCUT2D eigenvalue weighted by atomic mass is 16.5. The topological polar surface area (TPSA) is 55.4 Å². The molecule has 4 nitrogen and oxygen atoms in total. The van der Waals surface area contributed by atoms with Gasteiger partial charge in [0.15, 0.2) is 0 Å². The van der Waals surface area contributed by atoms with Gasteiger partial charge in [-0.05, 0) is 18.6 Å². The Hall–Kier alpha value is -1.84. The molecule has 0 bridgehead atoms. The van der Waals surface area contributed by atoms with E-state index in [1.165, 1.54) is 6.42 Å². The van der Waals surface area contributed by atoms with Gasteiger partial charge in [0.05, 0.1) is 12.1 Å². The molecule has 20 heavy (non-hydrogen) atoms. The quantitative estimate of drug-likeness (QED) is 0.558. The van der Waals surface area contributed by atoms with Crippen LogP contribution in [0, 0.1) is 0 Å². The average molecular weight is 277 g/mol. The van der Waals surface area contributed by atoms with Crippen LogP contribution in [0.15, 0.2) is 30.3 Å². The molecule has 1 aromatic rings. The lowest BCUT2D eigenvalue weighted by molar-refractivity contribution is -0.121. The predicted molar refractivity (Wildman–Crippen MR) is 78.5 cm³/mol. The molecule has 0 fully saturated rings. The zero-order valence-electron chi connectivity index (χ0n) is 12.1. The van der Waals surface area contributed by atoms with E-state index in [2.05, 4.69) is 12.2 Å². The maximum Gasteiger partial charge on any atom is 0.338 e. The molecular formula is C16H23NO3. The lowest BCUT2D eigenvalue weighted by Crippen LogP contribution is -2.27. The molecular weight excluding hydrogens is 254 g/mol. The summed E-state index contributed by atoms with van der Waals surface area (Å²) in [4.78, 5) is 23.1. The van der Waals surface area contributed by atoms with Crippen LogP contribution in [0.4, 0.5) is 0 Å². The van der Waals surface area contributed by atoms with Gasteiger partial charge in [0, 0.05) is 6.42 Å². The fourth-order valence-corrected chi connectivity index (χ4v) is 1.79. The van der Waals surface area contributed by atoms with Gasteiger partial charge in [-0.25, -0.2) is 4.79 Å². The molecule has 1 amide bonds. The van der Waals surface area contributed by atoms with E-state index in [4.69, 9.17) is 4.74 Å². The maximum atomic E-state index is 11.6. The molecule has 0 spiro atoms. The SMILES string of the molecule is CCCCCCC(=O)NCCOC(=O)c1ccccc1. The molecule has 1 aromatic carbocycles. The van der Waals surface area contributed by atoms with Gasteiger partial charge in [-0.2, -0.15) is 0 Å². The Morgan fingerprint density at radius 3 is 2.55 bits per heavy atom. The number of rotatable bonds is 9. The zero-order chi connectivity index (χ0) is 14.6. The molecule has 0 aliphatic carbocycles. The summed E-state index contributed by atoms with van der Waals surface area (Å²) in [5.74, 6) is -0.334. The van der Waals surface area contributed by atoms with Crippen molar-refractivity contribution in [2.24, 2.45) is 0 Å². The molecule has 1 rings (SSSR count). The van der Waals surface area contributed by atoms with Crippen molar-refractivity contribution < 1.29 is 14.3 Å². The van der Waals surface area contributed by atoms with E-state index >= 15 is 0 Å². The van der Waals surface area contributed by atoms with Crippen molar-refractivity contribution in [3.63, 3.8) is 0 Å². The summed E-state index contributed by atoms with van der Waals surface area (Å²) >= 11 is 0. The van der Waals surface area contributed by atoms with Crippen LogP contribution < -0.4 is 5.32 Å². The summed E-state index contributed by atoms with van der Waals surface area (Å²) in [6, 6.07) is 8.82.